The van der Waals surface area contributed by atoms with E-state index in [9.17, 15) is 4.79 Å². The van der Waals surface area contributed by atoms with Crippen LogP contribution in [0.15, 0.2) is 36.5 Å². The molecule has 1 aromatic heterocycles. The topological polar surface area (TPSA) is 76.1 Å². The number of hydrogen-bond donors (Lipinski definition) is 2. The van der Waals surface area contributed by atoms with Crippen molar-refractivity contribution in [2.75, 3.05) is 18.5 Å². The van der Waals surface area contributed by atoms with Crippen molar-refractivity contribution in [1.82, 2.24) is 15.3 Å². The first kappa shape index (κ1) is 17.4. The molecule has 1 aliphatic rings. The average Bonchev–Trinajstić information content (AvgIpc) is 2.63. The Morgan fingerprint density at radius 2 is 2.08 bits per heavy atom. The normalized spacial score (nSPS) is 17.1. The predicted molar refractivity (Wildman–Crippen MR) is 97.4 cm³/mol. The molecule has 0 spiro atoms. The van der Waals surface area contributed by atoms with Gasteiger partial charge in [-0.1, -0.05) is 0 Å². The third kappa shape index (κ3) is 5.26. The number of rotatable bonds is 5. The van der Waals surface area contributed by atoms with Gasteiger partial charge < -0.3 is 15.4 Å². The van der Waals surface area contributed by atoms with E-state index in [2.05, 4.69) is 20.6 Å². The third-order valence-electron chi connectivity index (χ3n) is 4.22. The smallest absolute Gasteiger partial charge is 0.319 e. The molecule has 0 bridgehead atoms. The Bertz CT molecular complexity index is 697. The van der Waals surface area contributed by atoms with E-state index in [0.717, 1.165) is 42.8 Å². The minimum Gasteiger partial charge on any atom is -0.378 e. The quantitative estimate of drug-likeness (QED) is 0.873. The molecule has 1 fully saturated rings. The zero-order chi connectivity index (χ0) is 17.5. The molecule has 2 amide bonds. The van der Waals surface area contributed by atoms with Crippen molar-refractivity contribution in [3.05, 3.63) is 42.2 Å². The molecule has 0 unspecified atom stereocenters. The van der Waals surface area contributed by atoms with E-state index in [4.69, 9.17) is 4.74 Å². The molecule has 1 atom stereocenters. The van der Waals surface area contributed by atoms with E-state index in [1.807, 2.05) is 37.3 Å². The molecule has 6 nitrogen and oxygen atoms in total. The van der Waals surface area contributed by atoms with Crippen LogP contribution < -0.4 is 10.6 Å². The van der Waals surface area contributed by atoms with E-state index >= 15 is 0 Å². The fraction of sp³-hybridized carbons (Fsp3) is 0.421. The Balaban J connectivity index is 1.46. The van der Waals surface area contributed by atoms with Gasteiger partial charge in [0.1, 0.15) is 0 Å². The van der Waals surface area contributed by atoms with Gasteiger partial charge in [0.15, 0.2) is 5.82 Å². The summed E-state index contributed by atoms with van der Waals surface area (Å²) in [5.41, 5.74) is 2.58. The van der Waals surface area contributed by atoms with Crippen molar-refractivity contribution in [2.24, 2.45) is 0 Å². The lowest BCUT2D eigenvalue weighted by molar-refractivity contribution is 0.0120. The summed E-state index contributed by atoms with van der Waals surface area (Å²) in [6.07, 6.45) is 6.33. The standard InChI is InChI=1S/C19H24N4O2/c1-14-9-11-20-18(22-14)15-5-7-16(8-6-15)23-19(24)21-12-10-17-4-2-3-13-25-17/h5-9,11,17H,2-4,10,12-13H2,1H3,(H2,21,23,24)/t17-/m0/s1. The number of nitrogens with zero attached hydrogens (tertiary/aromatic N) is 2. The first-order valence-electron chi connectivity index (χ1n) is 8.77. The summed E-state index contributed by atoms with van der Waals surface area (Å²) < 4.78 is 5.66. The van der Waals surface area contributed by atoms with Gasteiger partial charge in [-0.15, -0.1) is 0 Å². The lowest BCUT2D eigenvalue weighted by atomic mass is 10.1. The van der Waals surface area contributed by atoms with Crippen LogP contribution in [0.2, 0.25) is 0 Å². The van der Waals surface area contributed by atoms with Gasteiger partial charge in [0.2, 0.25) is 0 Å². The number of anilines is 1. The van der Waals surface area contributed by atoms with Gasteiger partial charge in [0.05, 0.1) is 6.10 Å². The van der Waals surface area contributed by atoms with Crippen LogP contribution in [0, 0.1) is 6.92 Å². The summed E-state index contributed by atoms with van der Waals surface area (Å²) in [4.78, 5) is 20.6. The van der Waals surface area contributed by atoms with Crippen LogP contribution in [0.4, 0.5) is 10.5 Å². The van der Waals surface area contributed by atoms with Gasteiger partial charge in [0, 0.05) is 36.3 Å². The number of ether oxygens (including phenoxy) is 1. The third-order valence-corrected chi connectivity index (χ3v) is 4.22. The molecule has 0 radical (unpaired) electrons. The first-order valence-corrected chi connectivity index (χ1v) is 8.77. The monoisotopic (exact) mass is 340 g/mol. The predicted octanol–water partition coefficient (Wildman–Crippen LogP) is 3.53. The maximum absolute atomic E-state index is 12.0. The maximum atomic E-state index is 12.0. The number of aromatic nitrogens is 2. The van der Waals surface area contributed by atoms with Crippen molar-refractivity contribution < 1.29 is 9.53 Å². The molecule has 6 heteroatoms. The Morgan fingerprint density at radius 1 is 1.24 bits per heavy atom. The molecule has 0 aliphatic carbocycles. The van der Waals surface area contributed by atoms with Crippen LogP contribution in [0.25, 0.3) is 11.4 Å². The molecule has 132 valence electrons. The zero-order valence-corrected chi connectivity index (χ0v) is 14.5. The minimum atomic E-state index is -0.199. The minimum absolute atomic E-state index is 0.199. The lowest BCUT2D eigenvalue weighted by Crippen LogP contribution is -2.32. The van der Waals surface area contributed by atoms with E-state index in [1.165, 1.54) is 6.42 Å². The average molecular weight is 340 g/mol. The number of aryl methyl sites for hydroxylation is 1. The summed E-state index contributed by atoms with van der Waals surface area (Å²) in [7, 11) is 0. The summed E-state index contributed by atoms with van der Waals surface area (Å²) >= 11 is 0. The van der Waals surface area contributed by atoms with E-state index < -0.39 is 0 Å². The molecule has 1 aromatic carbocycles. The molecule has 1 aliphatic heterocycles. The summed E-state index contributed by atoms with van der Waals surface area (Å²) in [5.74, 6) is 0.684. The first-order chi connectivity index (χ1) is 12.2. The van der Waals surface area contributed by atoms with Crippen LogP contribution in [-0.4, -0.2) is 35.3 Å². The Morgan fingerprint density at radius 3 is 2.80 bits per heavy atom. The number of nitrogens with one attached hydrogen (secondary N) is 2. The fourth-order valence-electron chi connectivity index (χ4n) is 2.85. The molecule has 2 N–H and O–H groups in total. The zero-order valence-electron chi connectivity index (χ0n) is 14.5. The number of benzene rings is 1. The molecule has 2 heterocycles. The largest absolute Gasteiger partial charge is 0.378 e. The number of amides is 2. The van der Waals surface area contributed by atoms with E-state index in [1.54, 1.807) is 6.20 Å². The number of hydrogen-bond acceptors (Lipinski definition) is 4. The van der Waals surface area contributed by atoms with Gasteiger partial charge >= 0.3 is 6.03 Å². The Kier molecular flexibility index (Phi) is 5.95. The second kappa shape index (κ2) is 8.58. The molecular formula is C19H24N4O2. The highest BCUT2D eigenvalue weighted by molar-refractivity contribution is 5.89. The summed E-state index contributed by atoms with van der Waals surface area (Å²) in [6, 6.07) is 9.17. The molecule has 0 saturated carbocycles. The SMILES string of the molecule is Cc1ccnc(-c2ccc(NC(=O)NCC[C@@H]3CCCCO3)cc2)n1. The van der Waals surface area contributed by atoms with Crippen LogP contribution in [0.3, 0.4) is 0 Å². The van der Waals surface area contributed by atoms with Gasteiger partial charge in [-0.25, -0.2) is 14.8 Å². The second-order valence-electron chi connectivity index (χ2n) is 6.26. The molecule has 1 saturated heterocycles. The van der Waals surface area contributed by atoms with Crippen molar-refractivity contribution in [3.63, 3.8) is 0 Å². The highest BCUT2D eigenvalue weighted by Crippen LogP contribution is 2.18. The van der Waals surface area contributed by atoms with Crippen LogP contribution in [-0.2, 0) is 4.74 Å². The molecule has 25 heavy (non-hydrogen) atoms. The van der Waals surface area contributed by atoms with E-state index in [-0.39, 0.29) is 12.1 Å². The van der Waals surface area contributed by atoms with Crippen LogP contribution in [0.5, 0.6) is 0 Å². The van der Waals surface area contributed by atoms with Crippen molar-refractivity contribution in [3.8, 4) is 11.4 Å². The molecule has 3 rings (SSSR count). The van der Waals surface area contributed by atoms with Gasteiger partial charge in [-0.3, -0.25) is 0 Å². The summed E-state index contributed by atoms with van der Waals surface area (Å²) in [5, 5.41) is 5.72. The second-order valence-corrected chi connectivity index (χ2v) is 6.26. The van der Waals surface area contributed by atoms with Gasteiger partial charge in [-0.05, 0) is 62.9 Å². The van der Waals surface area contributed by atoms with Crippen molar-refractivity contribution in [2.45, 2.75) is 38.7 Å². The van der Waals surface area contributed by atoms with Crippen LogP contribution in [0.1, 0.15) is 31.4 Å². The van der Waals surface area contributed by atoms with Gasteiger partial charge in [0.25, 0.3) is 0 Å². The van der Waals surface area contributed by atoms with Crippen molar-refractivity contribution in [1.29, 1.82) is 0 Å². The fourth-order valence-corrected chi connectivity index (χ4v) is 2.85. The van der Waals surface area contributed by atoms with E-state index in [0.29, 0.717) is 12.4 Å². The lowest BCUT2D eigenvalue weighted by Gasteiger charge is -2.22. The molecule has 2 aromatic rings. The van der Waals surface area contributed by atoms with Crippen molar-refractivity contribution >= 4 is 11.7 Å². The molecular weight excluding hydrogens is 316 g/mol. The summed E-state index contributed by atoms with van der Waals surface area (Å²) in [6.45, 7) is 3.39. The highest BCUT2D eigenvalue weighted by Gasteiger charge is 2.13. The maximum Gasteiger partial charge on any atom is 0.319 e. The Hall–Kier alpha value is -2.47. The number of carbonyl (C=O) groups excluding carboxylic acids is 1. The Labute approximate surface area is 148 Å². The highest BCUT2D eigenvalue weighted by atomic mass is 16.5. The van der Waals surface area contributed by atoms with Gasteiger partial charge in [-0.2, -0.15) is 0 Å². The number of carbonyl (C=O) groups is 1. The van der Waals surface area contributed by atoms with Crippen LogP contribution >= 0.6 is 0 Å². The number of urea groups is 1.